The summed E-state index contributed by atoms with van der Waals surface area (Å²) in [5.74, 6) is 1.49. The highest BCUT2D eigenvalue weighted by atomic mass is 127. The lowest BCUT2D eigenvalue weighted by Crippen LogP contribution is -2.39. The molecule has 0 unspecified atom stereocenters. The van der Waals surface area contributed by atoms with Gasteiger partial charge >= 0.3 is 0 Å². The van der Waals surface area contributed by atoms with Gasteiger partial charge in [0.1, 0.15) is 0 Å². The normalized spacial score (nSPS) is 11.4. The fourth-order valence-corrected chi connectivity index (χ4v) is 2.24. The number of guanidine groups is 1. The monoisotopic (exact) mass is 411 g/mol. The average Bonchev–Trinajstić information content (AvgIpc) is 2.50. The van der Waals surface area contributed by atoms with Gasteiger partial charge in [-0.15, -0.1) is 24.0 Å². The number of nitrogens with zero attached hydrogens (tertiary/aromatic N) is 1. The van der Waals surface area contributed by atoms with E-state index in [0.717, 1.165) is 25.5 Å². The highest BCUT2D eigenvalue weighted by Crippen LogP contribution is 2.15. The van der Waals surface area contributed by atoms with Gasteiger partial charge in [-0.05, 0) is 28.7 Å². The maximum atomic E-state index is 4.24. The van der Waals surface area contributed by atoms with Crippen molar-refractivity contribution in [1.82, 2.24) is 10.6 Å². The smallest absolute Gasteiger partial charge is 0.190 e. The van der Waals surface area contributed by atoms with Gasteiger partial charge in [0.15, 0.2) is 5.96 Å². The zero-order chi connectivity index (χ0) is 15.1. The lowest BCUT2D eigenvalue weighted by Gasteiger charge is -2.13. The zero-order valence-corrected chi connectivity index (χ0v) is 15.9. The molecular weight excluding hydrogens is 385 g/mol. The van der Waals surface area contributed by atoms with Crippen LogP contribution in [0.3, 0.4) is 0 Å². The number of halogens is 1. The van der Waals surface area contributed by atoms with E-state index in [1.807, 2.05) is 7.05 Å². The average molecular weight is 411 g/mol. The molecule has 0 fully saturated rings. The van der Waals surface area contributed by atoms with E-state index in [9.17, 15) is 0 Å². The molecule has 0 amide bonds. The van der Waals surface area contributed by atoms with Crippen LogP contribution < -0.4 is 10.6 Å². The summed E-state index contributed by atoms with van der Waals surface area (Å²) < 4.78 is 0. The summed E-state index contributed by atoms with van der Waals surface area (Å²) in [7, 11) is 1.81. The third-order valence-corrected chi connectivity index (χ3v) is 3.42. The van der Waals surface area contributed by atoms with Crippen LogP contribution in [0.2, 0.25) is 0 Å². The Hall–Kier alpha value is -1.30. The molecule has 0 bridgehead atoms. The Labute approximate surface area is 150 Å². The summed E-state index contributed by atoms with van der Waals surface area (Å²) in [6.07, 6.45) is 0.993. The van der Waals surface area contributed by atoms with Gasteiger partial charge in [-0.2, -0.15) is 0 Å². The van der Waals surface area contributed by atoms with Crippen LogP contribution in [0.15, 0.2) is 47.5 Å². The highest BCUT2D eigenvalue weighted by molar-refractivity contribution is 14.0. The molecule has 2 rings (SSSR count). The van der Waals surface area contributed by atoms with Crippen molar-refractivity contribution in [2.45, 2.75) is 20.3 Å². The van der Waals surface area contributed by atoms with E-state index in [-0.39, 0.29) is 24.0 Å². The van der Waals surface area contributed by atoms with E-state index in [0.29, 0.717) is 5.92 Å². The molecule has 0 aromatic heterocycles. The third kappa shape index (κ3) is 5.83. The number of nitrogens with one attached hydrogen (secondary N) is 2. The molecule has 2 N–H and O–H groups in total. The Bertz CT molecular complexity index is 608. The molecule has 2 aromatic carbocycles. The first kappa shape index (κ1) is 18.7. The number of hydrogen-bond acceptors (Lipinski definition) is 1. The fourth-order valence-electron chi connectivity index (χ4n) is 2.24. The first-order valence-electron chi connectivity index (χ1n) is 7.61. The first-order valence-corrected chi connectivity index (χ1v) is 7.61. The predicted octanol–water partition coefficient (Wildman–Crippen LogP) is 3.82. The van der Waals surface area contributed by atoms with E-state index in [2.05, 4.69) is 71.9 Å². The summed E-state index contributed by atoms with van der Waals surface area (Å²) in [4.78, 5) is 4.24. The van der Waals surface area contributed by atoms with Gasteiger partial charge in [0.05, 0.1) is 0 Å². The highest BCUT2D eigenvalue weighted by Gasteiger charge is 2.00. The first-order chi connectivity index (χ1) is 10.2. The maximum absolute atomic E-state index is 4.24. The molecule has 2 aromatic rings. The van der Waals surface area contributed by atoms with E-state index < -0.39 is 0 Å². The van der Waals surface area contributed by atoms with Crippen molar-refractivity contribution in [2.75, 3.05) is 20.1 Å². The number of rotatable bonds is 5. The van der Waals surface area contributed by atoms with Crippen molar-refractivity contribution in [2.24, 2.45) is 10.9 Å². The quantitative estimate of drug-likeness (QED) is 0.446. The van der Waals surface area contributed by atoms with Crippen LogP contribution in [0.5, 0.6) is 0 Å². The molecule has 3 nitrogen and oxygen atoms in total. The van der Waals surface area contributed by atoms with Crippen LogP contribution >= 0.6 is 24.0 Å². The maximum Gasteiger partial charge on any atom is 0.190 e. The number of aliphatic imine (C=N–C) groups is 1. The Balaban J connectivity index is 0.00000242. The summed E-state index contributed by atoms with van der Waals surface area (Å²) in [6.45, 7) is 6.20. The van der Waals surface area contributed by atoms with Gasteiger partial charge in [-0.25, -0.2) is 0 Å². The second kappa shape index (κ2) is 9.66. The van der Waals surface area contributed by atoms with Crippen molar-refractivity contribution in [1.29, 1.82) is 0 Å². The van der Waals surface area contributed by atoms with Gasteiger partial charge in [-0.3, -0.25) is 4.99 Å². The predicted molar refractivity (Wildman–Crippen MR) is 107 cm³/mol. The van der Waals surface area contributed by atoms with Gasteiger partial charge in [-0.1, -0.05) is 56.3 Å². The van der Waals surface area contributed by atoms with E-state index >= 15 is 0 Å². The minimum absolute atomic E-state index is 0. The van der Waals surface area contributed by atoms with Crippen molar-refractivity contribution in [3.63, 3.8) is 0 Å². The zero-order valence-electron chi connectivity index (χ0n) is 13.6. The van der Waals surface area contributed by atoms with E-state index in [1.54, 1.807) is 0 Å². The van der Waals surface area contributed by atoms with Crippen LogP contribution in [-0.2, 0) is 6.42 Å². The van der Waals surface area contributed by atoms with E-state index in [4.69, 9.17) is 0 Å². The van der Waals surface area contributed by atoms with Gasteiger partial charge in [0.2, 0.25) is 0 Å². The second-order valence-corrected chi connectivity index (χ2v) is 5.71. The lowest BCUT2D eigenvalue weighted by atomic mass is 10.1. The molecular formula is C18H26IN3. The molecule has 0 heterocycles. The summed E-state index contributed by atoms with van der Waals surface area (Å²) in [5.41, 5.74) is 1.35. The van der Waals surface area contributed by atoms with Gasteiger partial charge in [0.25, 0.3) is 0 Å². The van der Waals surface area contributed by atoms with Gasteiger partial charge < -0.3 is 10.6 Å². The number of hydrogen-bond donors (Lipinski definition) is 2. The fraction of sp³-hybridized carbons (Fsp3) is 0.389. The molecule has 0 aliphatic heterocycles. The molecule has 120 valence electrons. The number of benzene rings is 2. The summed E-state index contributed by atoms with van der Waals surface area (Å²) in [5, 5.41) is 9.28. The Morgan fingerprint density at radius 1 is 1.05 bits per heavy atom. The SMILES string of the molecule is CN=C(NCCc1ccc2ccccc2c1)NCC(C)C.I. The van der Waals surface area contributed by atoms with Crippen molar-refractivity contribution < 1.29 is 0 Å². The Morgan fingerprint density at radius 3 is 2.45 bits per heavy atom. The van der Waals surface area contributed by atoms with Crippen LogP contribution in [0.4, 0.5) is 0 Å². The Morgan fingerprint density at radius 2 is 1.77 bits per heavy atom. The molecule has 4 heteroatoms. The minimum Gasteiger partial charge on any atom is -0.356 e. The second-order valence-electron chi connectivity index (χ2n) is 5.71. The minimum atomic E-state index is 0. The molecule has 22 heavy (non-hydrogen) atoms. The van der Waals surface area contributed by atoms with Crippen LogP contribution in [0.1, 0.15) is 19.4 Å². The molecule has 0 radical (unpaired) electrons. The summed E-state index contributed by atoms with van der Waals surface area (Å²) >= 11 is 0. The topological polar surface area (TPSA) is 36.4 Å². The van der Waals surface area contributed by atoms with E-state index in [1.165, 1.54) is 16.3 Å². The standard InChI is InChI=1S/C18H25N3.HI/c1-14(2)13-21-18(19-3)20-11-10-15-8-9-16-6-4-5-7-17(16)12-15;/h4-9,12,14H,10-11,13H2,1-3H3,(H2,19,20,21);1H. The molecule has 0 atom stereocenters. The van der Waals surface area contributed by atoms with Gasteiger partial charge in [0, 0.05) is 20.1 Å². The molecule has 0 aliphatic rings. The molecule has 0 aliphatic carbocycles. The lowest BCUT2D eigenvalue weighted by molar-refractivity contribution is 0.614. The van der Waals surface area contributed by atoms with Crippen LogP contribution in [0, 0.1) is 5.92 Å². The van der Waals surface area contributed by atoms with Crippen LogP contribution in [-0.4, -0.2) is 26.1 Å². The van der Waals surface area contributed by atoms with Crippen molar-refractivity contribution in [3.8, 4) is 0 Å². The summed E-state index contributed by atoms with van der Waals surface area (Å²) in [6, 6.07) is 15.1. The third-order valence-electron chi connectivity index (χ3n) is 3.42. The molecule has 0 spiro atoms. The van der Waals surface area contributed by atoms with Crippen molar-refractivity contribution in [3.05, 3.63) is 48.0 Å². The Kier molecular flexibility index (Phi) is 8.24. The van der Waals surface area contributed by atoms with Crippen LogP contribution in [0.25, 0.3) is 10.8 Å². The van der Waals surface area contributed by atoms with Crippen molar-refractivity contribution >= 4 is 40.7 Å². The largest absolute Gasteiger partial charge is 0.356 e. The molecule has 0 saturated carbocycles. The number of fused-ring (bicyclic) bond motifs is 1. The molecule has 0 saturated heterocycles.